The highest BCUT2D eigenvalue weighted by atomic mass is 19.4. The number of alkyl halides is 5. The molecule has 2 aliphatic rings. The average molecular weight is 568 g/mol. The van der Waals surface area contributed by atoms with Gasteiger partial charge in [-0.1, -0.05) is 20.8 Å². The van der Waals surface area contributed by atoms with Gasteiger partial charge in [-0.15, -0.1) is 0 Å². The quantitative estimate of drug-likeness (QED) is 0.239. The second-order valence-corrected chi connectivity index (χ2v) is 12.1. The maximum absolute atomic E-state index is 13.7. The lowest BCUT2D eigenvalue weighted by molar-refractivity contribution is -0.175. The Hall–Kier alpha value is -2.80. The van der Waals surface area contributed by atoms with E-state index in [1.807, 2.05) is 13.8 Å². The standard InChI is InChI=1S/C25H38F5N5O4/c1-22(2,3)17(34-21(39)25(28,29)30)20(38)33-16(10-14-11-24(14,26)27)19(37)32-15(12-31-6)9-13-7-8-23(4,5)35-18(13)36/h12-17H,7-11H2,1-6H3,(H,32,37)(H,33,38)(H,34,39)(H,35,36)/b31-12+/t13-,14?,15-,16-,17+/m0/s1. The van der Waals surface area contributed by atoms with E-state index in [4.69, 9.17) is 0 Å². The predicted octanol–water partition coefficient (Wildman–Crippen LogP) is 2.49. The molecule has 39 heavy (non-hydrogen) atoms. The molecule has 14 heteroatoms. The van der Waals surface area contributed by atoms with Crippen LogP contribution in [0.3, 0.4) is 0 Å². The van der Waals surface area contributed by atoms with Gasteiger partial charge in [0.1, 0.15) is 12.1 Å². The van der Waals surface area contributed by atoms with Crippen LogP contribution in [-0.2, 0) is 19.2 Å². The molecule has 1 aliphatic heterocycles. The topological polar surface area (TPSA) is 129 Å². The zero-order valence-corrected chi connectivity index (χ0v) is 23.0. The van der Waals surface area contributed by atoms with Crippen molar-refractivity contribution in [2.24, 2.45) is 22.2 Å². The molecule has 0 aromatic heterocycles. The SMILES string of the molecule is C/N=C/[C@H](C[C@@H]1CCC(C)(C)NC1=O)NC(=O)[C@H](CC1CC1(F)F)NC(=O)[C@@H](NC(=O)C(F)(F)F)C(C)(C)C. The van der Waals surface area contributed by atoms with E-state index in [9.17, 15) is 41.1 Å². The van der Waals surface area contributed by atoms with E-state index in [0.29, 0.717) is 12.8 Å². The Morgan fingerprint density at radius 3 is 2.13 bits per heavy atom. The number of rotatable bonds is 10. The maximum Gasteiger partial charge on any atom is 0.471 e. The maximum atomic E-state index is 13.7. The van der Waals surface area contributed by atoms with Crippen molar-refractivity contribution in [3.63, 3.8) is 0 Å². The van der Waals surface area contributed by atoms with Crippen LogP contribution in [0.2, 0.25) is 0 Å². The summed E-state index contributed by atoms with van der Waals surface area (Å²) in [5, 5.41) is 9.42. The third-order valence-corrected chi connectivity index (χ3v) is 6.92. The highest BCUT2D eigenvalue weighted by Crippen LogP contribution is 2.51. The molecule has 1 aliphatic carbocycles. The van der Waals surface area contributed by atoms with Crippen LogP contribution in [0.15, 0.2) is 4.99 Å². The fraction of sp³-hybridized carbons (Fsp3) is 0.800. The molecule has 9 nitrogen and oxygen atoms in total. The molecule has 1 saturated carbocycles. The van der Waals surface area contributed by atoms with Crippen LogP contribution in [-0.4, -0.2) is 72.7 Å². The third kappa shape index (κ3) is 9.41. The summed E-state index contributed by atoms with van der Waals surface area (Å²) in [6.07, 6.45) is -3.44. The van der Waals surface area contributed by atoms with Crippen LogP contribution in [0.1, 0.15) is 66.7 Å². The molecule has 2 rings (SSSR count). The first-order chi connectivity index (χ1) is 17.7. The van der Waals surface area contributed by atoms with Crippen molar-refractivity contribution >= 4 is 29.8 Å². The van der Waals surface area contributed by atoms with Crippen LogP contribution in [0.5, 0.6) is 0 Å². The fourth-order valence-electron chi connectivity index (χ4n) is 4.50. The summed E-state index contributed by atoms with van der Waals surface area (Å²) in [4.78, 5) is 54.2. The van der Waals surface area contributed by atoms with Gasteiger partial charge >= 0.3 is 12.1 Å². The molecular weight excluding hydrogens is 529 g/mol. The van der Waals surface area contributed by atoms with Crippen LogP contribution in [0.4, 0.5) is 22.0 Å². The van der Waals surface area contributed by atoms with Gasteiger partial charge in [-0.3, -0.25) is 24.2 Å². The Balaban J connectivity index is 2.20. The van der Waals surface area contributed by atoms with Gasteiger partial charge in [0.15, 0.2) is 0 Å². The second-order valence-electron chi connectivity index (χ2n) is 12.1. The third-order valence-electron chi connectivity index (χ3n) is 6.92. The van der Waals surface area contributed by atoms with E-state index in [0.717, 1.165) is 0 Å². The van der Waals surface area contributed by atoms with Crippen molar-refractivity contribution in [2.45, 2.75) is 102 Å². The minimum absolute atomic E-state index is 0.164. The van der Waals surface area contributed by atoms with Crippen molar-refractivity contribution in [1.29, 1.82) is 0 Å². The average Bonchev–Trinajstić information content (AvgIpc) is 3.36. The minimum Gasteiger partial charge on any atom is -0.351 e. The Bertz CT molecular complexity index is 977. The smallest absolute Gasteiger partial charge is 0.351 e. The number of piperidine rings is 1. The zero-order chi connectivity index (χ0) is 30.0. The molecular formula is C25H38F5N5O4. The number of carbonyl (C=O) groups is 4. The highest BCUT2D eigenvalue weighted by Gasteiger charge is 2.58. The number of aliphatic imine (C=N–C) groups is 1. The van der Waals surface area contributed by atoms with Crippen LogP contribution >= 0.6 is 0 Å². The van der Waals surface area contributed by atoms with E-state index in [-0.39, 0.29) is 17.9 Å². The molecule has 1 saturated heterocycles. The lowest BCUT2D eigenvalue weighted by atomic mass is 9.83. The molecule has 4 N–H and O–H groups in total. The molecule has 5 atom stereocenters. The highest BCUT2D eigenvalue weighted by molar-refractivity contribution is 5.94. The summed E-state index contributed by atoms with van der Waals surface area (Å²) in [6.45, 7) is 7.99. The van der Waals surface area contributed by atoms with Crippen molar-refractivity contribution < 1.29 is 41.1 Å². The van der Waals surface area contributed by atoms with Crippen LogP contribution < -0.4 is 21.3 Å². The summed E-state index contributed by atoms with van der Waals surface area (Å²) >= 11 is 0. The number of amides is 4. The van der Waals surface area contributed by atoms with Crippen LogP contribution in [0, 0.1) is 17.3 Å². The lowest BCUT2D eigenvalue weighted by Gasteiger charge is -2.36. The van der Waals surface area contributed by atoms with Crippen molar-refractivity contribution in [3.05, 3.63) is 0 Å². The van der Waals surface area contributed by atoms with Crippen molar-refractivity contribution in [3.8, 4) is 0 Å². The minimum atomic E-state index is -5.26. The summed E-state index contributed by atoms with van der Waals surface area (Å²) in [5.74, 6) is -9.23. The molecule has 0 bridgehead atoms. The monoisotopic (exact) mass is 567 g/mol. The molecule has 0 aromatic rings. The molecule has 1 unspecified atom stereocenters. The van der Waals surface area contributed by atoms with Crippen molar-refractivity contribution in [1.82, 2.24) is 21.3 Å². The second kappa shape index (κ2) is 11.7. The van der Waals surface area contributed by atoms with Gasteiger partial charge in [-0.05, 0) is 44.9 Å². The first kappa shape index (κ1) is 32.4. The molecule has 4 amide bonds. The summed E-state index contributed by atoms with van der Waals surface area (Å²) in [5.41, 5.74) is -1.59. The largest absolute Gasteiger partial charge is 0.471 e. The molecule has 0 aromatic carbocycles. The zero-order valence-electron chi connectivity index (χ0n) is 23.0. The molecule has 1 heterocycles. The summed E-state index contributed by atoms with van der Waals surface area (Å²) < 4.78 is 66.0. The lowest BCUT2D eigenvalue weighted by Crippen LogP contribution is -2.60. The predicted molar refractivity (Wildman–Crippen MR) is 133 cm³/mol. The fourth-order valence-corrected chi connectivity index (χ4v) is 4.50. The van der Waals surface area contributed by atoms with E-state index in [2.05, 4.69) is 20.9 Å². The number of halogens is 5. The van der Waals surface area contributed by atoms with Crippen molar-refractivity contribution in [2.75, 3.05) is 7.05 Å². The number of hydrogen-bond acceptors (Lipinski definition) is 5. The van der Waals surface area contributed by atoms with E-state index in [1.54, 1.807) is 5.32 Å². The van der Waals surface area contributed by atoms with Gasteiger partial charge in [-0.2, -0.15) is 13.2 Å². The Kier molecular flexibility index (Phi) is 9.76. The van der Waals surface area contributed by atoms with Crippen LogP contribution in [0.25, 0.3) is 0 Å². The Labute approximate surface area is 224 Å². The van der Waals surface area contributed by atoms with Gasteiger partial charge in [0, 0.05) is 37.1 Å². The van der Waals surface area contributed by atoms with Gasteiger partial charge in [0.25, 0.3) is 5.92 Å². The molecule has 0 radical (unpaired) electrons. The number of nitrogens with one attached hydrogen (secondary N) is 4. The van der Waals surface area contributed by atoms with Gasteiger partial charge in [0.2, 0.25) is 17.7 Å². The normalized spacial score (nSPS) is 24.7. The Morgan fingerprint density at radius 2 is 1.67 bits per heavy atom. The van der Waals surface area contributed by atoms with Gasteiger partial charge < -0.3 is 21.3 Å². The summed E-state index contributed by atoms with van der Waals surface area (Å²) in [6, 6.07) is -4.03. The first-order valence-corrected chi connectivity index (χ1v) is 12.8. The number of hydrogen-bond donors (Lipinski definition) is 4. The number of nitrogens with zero attached hydrogens (tertiary/aromatic N) is 1. The van der Waals surface area contributed by atoms with E-state index in [1.165, 1.54) is 34.0 Å². The Morgan fingerprint density at radius 1 is 1.08 bits per heavy atom. The van der Waals surface area contributed by atoms with E-state index >= 15 is 0 Å². The van der Waals surface area contributed by atoms with Gasteiger partial charge in [-0.25, -0.2) is 8.78 Å². The van der Waals surface area contributed by atoms with E-state index < -0.39 is 78.0 Å². The first-order valence-electron chi connectivity index (χ1n) is 12.8. The van der Waals surface area contributed by atoms with Gasteiger partial charge in [0.05, 0.1) is 6.04 Å². The number of carbonyl (C=O) groups excluding carboxylic acids is 4. The molecule has 222 valence electrons. The summed E-state index contributed by atoms with van der Waals surface area (Å²) in [7, 11) is 1.45. The molecule has 0 spiro atoms. The molecule has 2 fully saturated rings.